The van der Waals surface area contributed by atoms with E-state index in [1.807, 2.05) is 13.8 Å². The molecule has 0 saturated carbocycles. The first-order chi connectivity index (χ1) is 9.70. The molecule has 1 N–H and O–H groups in total. The van der Waals surface area contributed by atoms with Gasteiger partial charge in [0.2, 0.25) is 0 Å². The van der Waals surface area contributed by atoms with E-state index < -0.39 is 0 Å². The van der Waals surface area contributed by atoms with Crippen LogP contribution in [0, 0.1) is 0 Å². The van der Waals surface area contributed by atoms with Crippen molar-refractivity contribution >= 4 is 0 Å². The molecule has 1 aromatic carbocycles. The summed E-state index contributed by atoms with van der Waals surface area (Å²) in [5.41, 5.74) is 1.29. The Kier molecular flexibility index (Phi) is 5.86. The van der Waals surface area contributed by atoms with Crippen LogP contribution in [0.1, 0.15) is 51.6 Å². The van der Waals surface area contributed by atoms with Crippen molar-refractivity contribution in [2.45, 2.75) is 58.3 Å². The first kappa shape index (κ1) is 15.3. The van der Waals surface area contributed by atoms with Crippen LogP contribution in [0.25, 0.3) is 0 Å². The molecular formula is C17H27NO2. The van der Waals surface area contributed by atoms with Gasteiger partial charge in [0.15, 0.2) is 0 Å². The summed E-state index contributed by atoms with van der Waals surface area (Å²) in [7, 11) is 0. The van der Waals surface area contributed by atoms with Gasteiger partial charge in [0.1, 0.15) is 5.75 Å². The summed E-state index contributed by atoms with van der Waals surface area (Å²) < 4.78 is 11.7. The Hall–Kier alpha value is -1.06. The molecular weight excluding hydrogens is 250 g/mol. The summed E-state index contributed by atoms with van der Waals surface area (Å²) in [5, 5.41) is 3.56. The molecule has 2 unspecified atom stereocenters. The first-order valence-electron chi connectivity index (χ1n) is 7.82. The second-order valence-corrected chi connectivity index (χ2v) is 5.68. The molecule has 0 amide bonds. The quantitative estimate of drug-likeness (QED) is 0.860. The Labute approximate surface area is 122 Å². The van der Waals surface area contributed by atoms with Crippen molar-refractivity contribution in [3.8, 4) is 5.75 Å². The van der Waals surface area contributed by atoms with Crippen LogP contribution < -0.4 is 10.1 Å². The zero-order valence-corrected chi connectivity index (χ0v) is 12.9. The van der Waals surface area contributed by atoms with Crippen LogP contribution in [0.4, 0.5) is 0 Å². The molecule has 0 spiro atoms. The van der Waals surface area contributed by atoms with Gasteiger partial charge in [0.05, 0.1) is 18.2 Å². The second-order valence-electron chi connectivity index (χ2n) is 5.68. The fraction of sp³-hybridized carbons (Fsp3) is 0.647. The van der Waals surface area contributed by atoms with Gasteiger partial charge in [-0.3, -0.25) is 0 Å². The van der Waals surface area contributed by atoms with E-state index in [-0.39, 0.29) is 12.1 Å². The van der Waals surface area contributed by atoms with E-state index >= 15 is 0 Å². The standard InChI is InChI=1S/C17H27NO2/c1-4-18-17(16-7-5-6-12-19-16)14-8-10-15(11-9-14)20-13(2)3/h8-11,13,16-18H,4-7,12H2,1-3H3. The van der Waals surface area contributed by atoms with Crippen molar-refractivity contribution < 1.29 is 9.47 Å². The molecule has 2 atom stereocenters. The van der Waals surface area contributed by atoms with E-state index in [0.717, 1.165) is 25.3 Å². The zero-order chi connectivity index (χ0) is 14.4. The van der Waals surface area contributed by atoms with Gasteiger partial charge in [0.25, 0.3) is 0 Å². The normalized spacial score (nSPS) is 20.9. The number of hydrogen-bond donors (Lipinski definition) is 1. The van der Waals surface area contributed by atoms with Crippen molar-refractivity contribution in [1.82, 2.24) is 5.32 Å². The van der Waals surface area contributed by atoms with Crippen molar-refractivity contribution in [1.29, 1.82) is 0 Å². The highest BCUT2D eigenvalue weighted by molar-refractivity contribution is 5.30. The molecule has 112 valence electrons. The summed E-state index contributed by atoms with van der Waals surface area (Å²) >= 11 is 0. The van der Waals surface area contributed by atoms with Crippen LogP contribution in [0.15, 0.2) is 24.3 Å². The lowest BCUT2D eigenvalue weighted by atomic mass is 9.95. The average molecular weight is 277 g/mol. The number of hydrogen-bond acceptors (Lipinski definition) is 3. The van der Waals surface area contributed by atoms with Gasteiger partial charge >= 0.3 is 0 Å². The Morgan fingerprint density at radius 1 is 1.25 bits per heavy atom. The summed E-state index contributed by atoms with van der Waals surface area (Å²) in [4.78, 5) is 0. The minimum Gasteiger partial charge on any atom is -0.491 e. The maximum atomic E-state index is 5.95. The highest BCUT2D eigenvalue weighted by Gasteiger charge is 2.25. The molecule has 1 aliphatic heterocycles. The van der Waals surface area contributed by atoms with Crippen molar-refractivity contribution in [3.05, 3.63) is 29.8 Å². The number of likely N-dealkylation sites (N-methyl/N-ethyl adjacent to an activating group) is 1. The topological polar surface area (TPSA) is 30.5 Å². The van der Waals surface area contributed by atoms with Gasteiger partial charge in [-0.1, -0.05) is 19.1 Å². The molecule has 0 aromatic heterocycles. The molecule has 3 nitrogen and oxygen atoms in total. The second kappa shape index (κ2) is 7.65. The lowest BCUT2D eigenvalue weighted by Gasteiger charge is -2.31. The molecule has 1 aliphatic rings. The van der Waals surface area contributed by atoms with Crippen LogP contribution in [0.2, 0.25) is 0 Å². The fourth-order valence-electron chi connectivity index (χ4n) is 2.74. The zero-order valence-electron chi connectivity index (χ0n) is 12.9. The van der Waals surface area contributed by atoms with Crippen LogP contribution in [-0.4, -0.2) is 25.4 Å². The predicted molar refractivity (Wildman–Crippen MR) is 82.2 cm³/mol. The van der Waals surface area contributed by atoms with Gasteiger partial charge in [-0.15, -0.1) is 0 Å². The van der Waals surface area contributed by atoms with Crippen LogP contribution in [-0.2, 0) is 4.74 Å². The monoisotopic (exact) mass is 277 g/mol. The fourth-order valence-corrected chi connectivity index (χ4v) is 2.74. The van der Waals surface area contributed by atoms with Gasteiger partial charge in [-0.25, -0.2) is 0 Å². The van der Waals surface area contributed by atoms with Crippen molar-refractivity contribution in [3.63, 3.8) is 0 Å². The molecule has 0 radical (unpaired) electrons. The molecule has 1 saturated heterocycles. The minimum absolute atomic E-state index is 0.215. The van der Waals surface area contributed by atoms with E-state index in [9.17, 15) is 0 Å². The minimum atomic E-state index is 0.215. The Morgan fingerprint density at radius 2 is 2.00 bits per heavy atom. The maximum Gasteiger partial charge on any atom is 0.119 e. The third kappa shape index (κ3) is 4.22. The summed E-state index contributed by atoms with van der Waals surface area (Å²) in [6, 6.07) is 8.71. The average Bonchev–Trinajstić information content (AvgIpc) is 2.46. The van der Waals surface area contributed by atoms with Crippen molar-refractivity contribution in [2.24, 2.45) is 0 Å². The largest absolute Gasteiger partial charge is 0.491 e. The predicted octanol–water partition coefficient (Wildman–Crippen LogP) is 3.69. The Bertz CT molecular complexity index is 382. The van der Waals surface area contributed by atoms with Crippen LogP contribution >= 0.6 is 0 Å². The van der Waals surface area contributed by atoms with Crippen LogP contribution in [0.5, 0.6) is 5.75 Å². The number of rotatable bonds is 6. The van der Waals surface area contributed by atoms with Gasteiger partial charge in [-0.2, -0.15) is 0 Å². The SMILES string of the molecule is CCNC(c1ccc(OC(C)C)cc1)C1CCCCO1. The van der Waals surface area contributed by atoms with Gasteiger partial charge in [0, 0.05) is 6.61 Å². The van der Waals surface area contributed by atoms with E-state index in [0.29, 0.717) is 6.10 Å². The van der Waals surface area contributed by atoms with E-state index in [1.54, 1.807) is 0 Å². The number of benzene rings is 1. The van der Waals surface area contributed by atoms with E-state index in [2.05, 4.69) is 36.5 Å². The maximum absolute atomic E-state index is 5.95. The van der Waals surface area contributed by atoms with Crippen molar-refractivity contribution in [2.75, 3.05) is 13.2 Å². The molecule has 2 rings (SSSR count). The third-order valence-electron chi connectivity index (χ3n) is 3.62. The summed E-state index contributed by atoms with van der Waals surface area (Å²) in [6.45, 7) is 8.08. The smallest absolute Gasteiger partial charge is 0.119 e. The third-order valence-corrected chi connectivity index (χ3v) is 3.62. The molecule has 1 aromatic rings. The Balaban J connectivity index is 2.07. The molecule has 3 heteroatoms. The summed E-state index contributed by atoms with van der Waals surface area (Å²) in [6.07, 6.45) is 4.10. The number of nitrogens with one attached hydrogen (secondary N) is 1. The van der Waals surface area contributed by atoms with Gasteiger partial charge in [-0.05, 0) is 57.4 Å². The Morgan fingerprint density at radius 3 is 2.55 bits per heavy atom. The highest BCUT2D eigenvalue weighted by Crippen LogP contribution is 2.27. The summed E-state index contributed by atoms with van der Waals surface area (Å²) in [5.74, 6) is 0.934. The lowest BCUT2D eigenvalue weighted by Crippen LogP contribution is -2.35. The number of ether oxygens (including phenoxy) is 2. The lowest BCUT2D eigenvalue weighted by molar-refractivity contribution is -0.00787. The molecule has 0 bridgehead atoms. The highest BCUT2D eigenvalue weighted by atomic mass is 16.5. The molecule has 0 aliphatic carbocycles. The molecule has 20 heavy (non-hydrogen) atoms. The van der Waals surface area contributed by atoms with Gasteiger partial charge < -0.3 is 14.8 Å². The first-order valence-corrected chi connectivity index (χ1v) is 7.82. The molecule has 1 fully saturated rings. The van der Waals surface area contributed by atoms with Crippen LogP contribution in [0.3, 0.4) is 0 Å². The molecule has 1 heterocycles. The van der Waals surface area contributed by atoms with E-state index in [4.69, 9.17) is 9.47 Å². The van der Waals surface area contributed by atoms with E-state index in [1.165, 1.54) is 18.4 Å².